The Hall–Kier alpha value is -3.73. The van der Waals surface area contributed by atoms with E-state index in [9.17, 15) is 22.4 Å². The van der Waals surface area contributed by atoms with Gasteiger partial charge in [0.25, 0.3) is 10.0 Å². The molecule has 1 N–H and O–H groups in total. The second-order valence-corrected chi connectivity index (χ2v) is 13.8. The zero-order valence-corrected chi connectivity index (χ0v) is 28.0. The number of sulfonamides is 1. The molecule has 0 aliphatic carbocycles. The Labute approximate surface area is 277 Å². The summed E-state index contributed by atoms with van der Waals surface area (Å²) >= 11 is 9.50. The van der Waals surface area contributed by atoms with Crippen molar-refractivity contribution < 1.29 is 22.4 Å². The summed E-state index contributed by atoms with van der Waals surface area (Å²) in [5, 5.41) is 2.71. The van der Waals surface area contributed by atoms with Gasteiger partial charge in [-0.1, -0.05) is 95.1 Å². The van der Waals surface area contributed by atoms with Gasteiger partial charge in [-0.25, -0.2) is 12.8 Å². The van der Waals surface area contributed by atoms with Crippen molar-refractivity contribution in [1.82, 2.24) is 10.2 Å². The Morgan fingerprint density at radius 3 is 2.13 bits per heavy atom. The molecule has 0 aliphatic rings. The molecule has 11 heteroatoms. The number of rotatable bonds is 13. The fraction of sp³-hybridized carbons (Fsp3) is 0.235. The first-order chi connectivity index (χ1) is 21.5. The fourth-order valence-corrected chi connectivity index (χ4v) is 6.54. The molecule has 2 unspecified atom stereocenters. The van der Waals surface area contributed by atoms with E-state index in [-0.39, 0.29) is 40.5 Å². The van der Waals surface area contributed by atoms with E-state index in [1.165, 1.54) is 29.2 Å². The number of nitrogens with one attached hydrogen (secondary N) is 1. The van der Waals surface area contributed by atoms with E-state index < -0.39 is 34.3 Å². The van der Waals surface area contributed by atoms with Gasteiger partial charge in [-0.3, -0.25) is 13.9 Å². The highest BCUT2D eigenvalue weighted by atomic mass is 79.9. The van der Waals surface area contributed by atoms with Crippen LogP contribution in [0, 0.1) is 5.82 Å². The first-order valence-corrected chi connectivity index (χ1v) is 17.0. The summed E-state index contributed by atoms with van der Waals surface area (Å²) in [5.74, 6) is -1.72. The van der Waals surface area contributed by atoms with Crippen LogP contribution in [0.1, 0.15) is 31.4 Å². The third-order valence-corrected chi connectivity index (χ3v) is 9.95. The van der Waals surface area contributed by atoms with Crippen LogP contribution in [0.15, 0.2) is 112 Å². The Morgan fingerprint density at radius 1 is 0.911 bits per heavy atom. The van der Waals surface area contributed by atoms with Gasteiger partial charge in [0.1, 0.15) is 18.4 Å². The number of hydrogen-bond donors (Lipinski definition) is 1. The first kappa shape index (κ1) is 34.1. The van der Waals surface area contributed by atoms with Gasteiger partial charge in [0, 0.05) is 23.5 Å². The van der Waals surface area contributed by atoms with Gasteiger partial charge in [0.2, 0.25) is 11.8 Å². The van der Waals surface area contributed by atoms with Gasteiger partial charge in [-0.2, -0.15) is 0 Å². The average molecular weight is 715 g/mol. The van der Waals surface area contributed by atoms with Crippen LogP contribution in [0.3, 0.4) is 0 Å². The van der Waals surface area contributed by atoms with E-state index >= 15 is 0 Å². The minimum absolute atomic E-state index is 0.00543. The molecule has 0 fully saturated rings. The van der Waals surface area contributed by atoms with Crippen molar-refractivity contribution in [3.63, 3.8) is 0 Å². The maximum Gasteiger partial charge on any atom is 0.264 e. The van der Waals surface area contributed by atoms with E-state index in [0.29, 0.717) is 6.42 Å². The highest BCUT2D eigenvalue weighted by Gasteiger charge is 2.35. The van der Waals surface area contributed by atoms with E-state index in [1.807, 2.05) is 68.4 Å². The van der Waals surface area contributed by atoms with Gasteiger partial charge < -0.3 is 10.2 Å². The third-order valence-electron chi connectivity index (χ3n) is 7.34. The zero-order chi connectivity index (χ0) is 32.6. The zero-order valence-electron chi connectivity index (χ0n) is 24.9. The first-order valence-electron chi connectivity index (χ1n) is 14.4. The third kappa shape index (κ3) is 8.93. The molecule has 0 saturated heterocycles. The lowest BCUT2D eigenvalue weighted by Gasteiger charge is -2.34. The molecule has 0 aliphatic heterocycles. The molecule has 236 valence electrons. The lowest BCUT2D eigenvalue weighted by atomic mass is 10.0. The maximum absolute atomic E-state index is 14.4. The molecule has 0 spiro atoms. The highest BCUT2D eigenvalue weighted by molar-refractivity contribution is 9.10. The second kappa shape index (κ2) is 15.5. The topological polar surface area (TPSA) is 86.8 Å². The predicted octanol–water partition coefficient (Wildman–Crippen LogP) is 6.99. The Morgan fingerprint density at radius 2 is 1.53 bits per heavy atom. The lowest BCUT2D eigenvalue weighted by Crippen LogP contribution is -2.54. The summed E-state index contributed by atoms with van der Waals surface area (Å²) in [7, 11) is -4.32. The molecule has 0 radical (unpaired) electrons. The number of benzene rings is 4. The highest BCUT2D eigenvalue weighted by Crippen LogP contribution is 2.28. The molecule has 2 amide bonds. The smallest absolute Gasteiger partial charge is 0.264 e. The van der Waals surface area contributed by atoms with Crippen molar-refractivity contribution in [1.29, 1.82) is 0 Å². The van der Waals surface area contributed by atoms with Gasteiger partial charge in [0.05, 0.1) is 15.6 Å². The molecular formula is C34H34BrClFN3O4S. The maximum atomic E-state index is 14.4. The van der Waals surface area contributed by atoms with E-state index in [2.05, 4.69) is 21.2 Å². The van der Waals surface area contributed by atoms with E-state index in [4.69, 9.17) is 11.6 Å². The summed E-state index contributed by atoms with van der Waals surface area (Å²) < 4.78 is 43.9. The van der Waals surface area contributed by atoms with Crippen molar-refractivity contribution in [3.8, 4) is 0 Å². The molecule has 0 aromatic heterocycles. The minimum Gasteiger partial charge on any atom is -0.352 e. The van der Waals surface area contributed by atoms with E-state index in [1.54, 1.807) is 18.2 Å². The normalized spacial score (nSPS) is 12.6. The summed E-state index contributed by atoms with van der Waals surface area (Å²) in [6.45, 7) is 3.19. The van der Waals surface area contributed by atoms with Crippen molar-refractivity contribution >= 4 is 55.1 Å². The molecule has 4 aromatic rings. The number of amides is 2. The molecular weight excluding hydrogens is 681 g/mol. The molecule has 2 atom stereocenters. The molecule has 4 aromatic carbocycles. The van der Waals surface area contributed by atoms with Crippen LogP contribution in [0.25, 0.3) is 0 Å². The van der Waals surface area contributed by atoms with Crippen LogP contribution in [-0.4, -0.2) is 43.8 Å². The molecule has 0 saturated carbocycles. The molecule has 0 bridgehead atoms. The van der Waals surface area contributed by atoms with Crippen molar-refractivity contribution in [2.24, 2.45) is 0 Å². The fourth-order valence-electron chi connectivity index (χ4n) is 4.67. The monoisotopic (exact) mass is 713 g/mol. The number of nitrogens with zero attached hydrogens (tertiary/aromatic N) is 2. The number of halogens is 3. The van der Waals surface area contributed by atoms with Crippen LogP contribution in [0.5, 0.6) is 0 Å². The molecule has 7 nitrogen and oxygen atoms in total. The summed E-state index contributed by atoms with van der Waals surface area (Å²) in [6.07, 6.45) is 0.873. The van der Waals surface area contributed by atoms with Crippen molar-refractivity contribution in [2.75, 3.05) is 10.8 Å². The van der Waals surface area contributed by atoms with Crippen molar-refractivity contribution in [2.45, 2.75) is 50.2 Å². The number of carbonyl (C=O) groups excluding carboxylic acids is 2. The van der Waals surface area contributed by atoms with Gasteiger partial charge in [-0.05, 0) is 66.9 Å². The van der Waals surface area contributed by atoms with Crippen LogP contribution in [0.2, 0.25) is 5.02 Å². The van der Waals surface area contributed by atoms with Gasteiger partial charge in [0.15, 0.2) is 0 Å². The molecule has 45 heavy (non-hydrogen) atoms. The van der Waals surface area contributed by atoms with E-state index in [0.717, 1.165) is 26.0 Å². The molecule has 0 heterocycles. The van der Waals surface area contributed by atoms with Crippen molar-refractivity contribution in [3.05, 3.63) is 130 Å². The van der Waals surface area contributed by atoms with Gasteiger partial charge >= 0.3 is 0 Å². The average Bonchev–Trinajstić information content (AvgIpc) is 3.04. The lowest BCUT2D eigenvalue weighted by molar-refractivity contribution is -0.140. The standard InChI is InChI=1S/C34H34BrClFN3O4S/c1-3-24(2)38-34(42)32(20-25-10-6-4-7-11-25)39(22-26-14-16-27(35)17-15-26)33(41)23-40(28-18-19-31(37)30(36)21-28)45(43,44)29-12-8-5-9-13-29/h4-19,21,24,32H,3,20,22-23H2,1-2H3,(H,38,42). The summed E-state index contributed by atoms with van der Waals surface area (Å²) in [6, 6.07) is 26.6. The van der Waals surface area contributed by atoms with Crippen LogP contribution in [0.4, 0.5) is 10.1 Å². The van der Waals surface area contributed by atoms with Crippen LogP contribution < -0.4 is 9.62 Å². The Kier molecular flexibility index (Phi) is 11.8. The Bertz CT molecular complexity index is 1710. The number of carbonyl (C=O) groups is 2. The van der Waals surface area contributed by atoms with Gasteiger partial charge in [-0.15, -0.1) is 0 Å². The summed E-state index contributed by atoms with van der Waals surface area (Å²) in [5.41, 5.74) is 1.57. The Balaban J connectivity index is 1.81. The van der Waals surface area contributed by atoms with Crippen LogP contribution >= 0.6 is 27.5 Å². The summed E-state index contributed by atoms with van der Waals surface area (Å²) in [4.78, 5) is 29.7. The number of anilines is 1. The predicted molar refractivity (Wildman–Crippen MR) is 179 cm³/mol. The SMILES string of the molecule is CCC(C)NC(=O)C(Cc1ccccc1)N(Cc1ccc(Br)cc1)C(=O)CN(c1ccc(F)c(Cl)c1)S(=O)(=O)c1ccccc1. The minimum atomic E-state index is -4.32. The number of hydrogen-bond acceptors (Lipinski definition) is 4. The van der Waals surface area contributed by atoms with Crippen LogP contribution in [-0.2, 0) is 32.6 Å². The largest absolute Gasteiger partial charge is 0.352 e. The molecule has 4 rings (SSSR count). The second-order valence-electron chi connectivity index (χ2n) is 10.6. The quantitative estimate of drug-likeness (QED) is 0.162.